The lowest BCUT2D eigenvalue weighted by molar-refractivity contribution is -0.387. The number of nitro benzene ring substituents is 1. The number of benzene rings is 1. The van der Waals surface area contributed by atoms with E-state index in [1.807, 2.05) is 0 Å². The summed E-state index contributed by atoms with van der Waals surface area (Å²) in [7, 11) is 0. The number of ether oxygens (including phenoxy) is 1. The molecule has 1 aromatic rings. The Hall–Kier alpha value is -1.86. The van der Waals surface area contributed by atoms with E-state index in [4.69, 9.17) is 0 Å². The van der Waals surface area contributed by atoms with Gasteiger partial charge in [-0.1, -0.05) is 0 Å². The topological polar surface area (TPSA) is 52.4 Å². The van der Waals surface area contributed by atoms with Gasteiger partial charge in [-0.25, -0.2) is 4.39 Å². The van der Waals surface area contributed by atoms with E-state index in [1.165, 1.54) is 0 Å². The highest BCUT2D eigenvalue weighted by molar-refractivity contribution is 5.41. The minimum atomic E-state index is -3.46. The van der Waals surface area contributed by atoms with Crippen LogP contribution in [-0.4, -0.2) is 11.5 Å². The van der Waals surface area contributed by atoms with Gasteiger partial charge in [0.05, 0.1) is 4.92 Å². The van der Waals surface area contributed by atoms with E-state index in [2.05, 4.69) is 4.74 Å². The molecule has 0 aliphatic rings. The fraction of sp³-hybridized carbons (Fsp3) is 0.143. The van der Waals surface area contributed by atoms with Crippen molar-refractivity contribution in [1.29, 1.82) is 0 Å². The molecule has 15 heavy (non-hydrogen) atoms. The van der Waals surface area contributed by atoms with Crippen LogP contribution in [0.25, 0.3) is 0 Å². The fourth-order valence-electron chi connectivity index (χ4n) is 0.860. The monoisotopic (exact) mass is 225 g/mol. The van der Waals surface area contributed by atoms with Crippen LogP contribution in [0.5, 0.6) is 5.75 Å². The number of hydrogen-bond acceptors (Lipinski definition) is 3. The summed E-state index contributed by atoms with van der Waals surface area (Å²) in [6, 6.07) is 0.988. The largest absolute Gasteiger partial charge is 0.428 e. The molecule has 0 saturated heterocycles. The van der Waals surface area contributed by atoms with Gasteiger partial charge in [-0.2, -0.15) is 13.2 Å². The second-order valence-corrected chi connectivity index (χ2v) is 2.35. The summed E-state index contributed by atoms with van der Waals surface area (Å²) >= 11 is 0. The summed E-state index contributed by atoms with van der Waals surface area (Å²) < 4.78 is 52.6. The summed E-state index contributed by atoms with van der Waals surface area (Å²) in [6.45, 7) is -3.46. The van der Waals surface area contributed by atoms with Crippen molar-refractivity contribution in [1.82, 2.24) is 0 Å². The molecule has 0 fully saturated rings. The standard InChI is InChI=1S/C7H3F4NO3/c8-3-1-2-4(12(13)14)5(9)6(3)15-7(10)11/h1-2,7H. The molecule has 0 saturated carbocycles. The molecule has 0 bridgehead atoms. The Morgan fingerprint density at radius 3 is 2.40 bits per heavy atom. The molecular weight excluding hydrogens is 222 g/mol. The quantitative estimate of drug-likeness (QED) is 0.451. The van der Waals surface area contributed by atoms with Gasteiger partial charge in [-0.05, 0) is 6.07 Å². The Balaban J connectivity index is 3.24. The van der Waals surface area contributed by atoms with Crippen molar-refractivity contribution in [3.05, 3.63) is 33.9 Å². The highest BCUT2D eigenvalue weighted by atomic mass is 19.3. The van der Waals surface area contributed by atoms with Crippen molar-refractivity contribution >= 4 is 5.69 Å². The van der Waals surface area contributed by atoms with E-state index in [1.54, 1.807) is 0 Å². The van der Waals surface area contributed by atoms with Crippen LogP contribution in [-0.2, 0) is 0 Å². The second-order valence-electron chi connectivity index (χ2n) is 2.35. The third-order valence-corrected chi connectivity index (χ3v) is 1.43. The first-order valence-electron chi connectivity index (χ1n) is 3.50. The van der Waals surface area contributed by atoms with E-state index in [0.29, 0.717) is 12.1 Å². The third-order valence-electron chi connectivity index (χ3n) is 1.43. The first kappa shape index (κ1) is 11.2. The van der Waals surface area contributed by atoms with Gasteiger partial charge in [0, 0.05) is 6.07 Å². The molecule has 0 aliphatic heterocycles. The van der Waals surface area contributed by atoms with E-state index in [9.17, 15) is 27.7 Å². The highest BCUT2D eigenvalue weighted by Gasteiger charge is 2.24. The van der Waals surface area contributed by atoms with Crippen molar-refractivity contribution in [2.75, 3.05) is 0 Å². The molecular formula is C7H3F4NO3. The van der Waals surface area contributed by atoms with Crippen molar-refractivity contribution in [2.24, 2.45) is 0 Å². The first-order valence-corrected chi connectivity index (χ1v) is 3.50. The van der Waals surface area contributed by atoms with E-state index >= 15 is 0 Å². The molecule has 82 valence electrons. The number of alkyl halides is 2. The minimum absolute atomic E-state index is 0.471. The van der Waals surface area contributed by atoms with Crippen molar-refractivity contribution in [3.8, 4) is 5.75 Å². The molecule has 0 atom stereocenters. The zero-order valence-electron chi connectivity index (χ0n) is 6.92. The molecule has 0 spiro atoms. The Bertz CT molecular complexity index is 396. The Morgan fingerprint density at radius 1 is 1.33 bits per heavy atom. The van der Waals surface area contributed by atoms with Crippen LogP contribution in [0.4, 0.5) is 23.2 Å². The zero-order chi connectivity index (χ0) is 11.6. The van der Waals surface area contributed by atoms with Gasteiger partial charge in [0.15, 0.2) is 5.82 Å². The van der Waals surface area contributed by atoms with Crippen molar-refractivity contribution in [2.45, 2.75) is 6.61 Å². The molecule has 1 aromatic carbocycles. The Kier molecular flexibility index (Phi) is 3.08. The van der Waals surface area contributed by atoms with Crippen LogP contribution in [0.3, 0.4) is 0 Å². The normalized spacial score (nSPS) is 10.5. The lowest BCUT2D eigenvalue weighted by Crippen LogP contribution is -2.07. The smallest absolute Gasteiger partial charge is 0.387 e. The van der Waals surface area contributed by atoms with Crippen molar-refractivity contribution in [3.63, 3.8) is 0 Å². The van der Waals surface area contributed by atoms with Gasteiger partial charge in [-0.3, -0.25) is 10.1 Å². The van der Waals surface area contributed by atoms with Crippen LogP contribution < -0.4 is 4.74 Å². The summed E-state index contributed by atoms with van der Waals surface area (Å²) in [4.78, 5) is 9.00. The lowest BCUT2D eigenvalue weighted by atomic mass is 10.3. The molecule has 4 nitrogen and oxygen atoms in total. The van der Waals surface area contributed by atoms with Gasteiger partial charge in [0.2, 0.25) is 11.6 Å². The number of nitrogens with zero attached hydrogens (tertiary/aromatic N) is 1. The number of halogens is 4. The summed E-state index contributed by atoms with van der Waals surface area (Å²) in [5.41, 5.74) is -1.13. The Morgan fingerprint density at radius 2 is 1.93 bits per heavy atom. The van der Waals surface area contributed by atoms with Gasteiger partial charge < -0.3 is 4.74 Å². The fourth-order valence-corrected chi connectivity index (χ4v) is 0.860. The first-order chi connectivity index (χ1) is 6.93. The van der Waals surface area contributed by atoms with E-state index < -0.39 is 34.6 Å². The van der Waals surface area contributed by atoms with E-state index in [0.717, 1.165) is 0 Å². The molecule has 0 aliphatic carbocycles. The molecule has 0 aromatic heterocycles. The average Bonchev–Trinajstić information content (AvgIpc) is 2.11. The lowest BCUT2D eigenvalue weighted by Gasteiger charge is -2.06. The third kappa shape index (κ3) is 2.33. The van der Waals surface area contributed by atoms with Crippen LogP contribution in [0, 0.1) is 21.7 Å². The van der Waals surface area contributed by atoms with Crippen LogP contribution in [0.15, 0.2) is 12.1 Å². The molecule has 0 radical (unpaired) electrons. The Labute approximate surface area is 80.2 Å². The van der Waals surface area contributed by atoms with Crippen molar-refractivity contribution < 1.29 is 27.2 Å². The van der Waals surface area contributed by atoms with Crippen LogP contribution in [0.2, 0.25) is 0 Å². The molecule has 1 rings (SSSR count). The van der Waals surface area contributed by atoms with Gasteiger partial charge in [-0.15, -0.1) is 0 Å². The second kappa shape index (κ2) is 4.11. The van der Waals surface area contributed by atoms with Gasteiger partial charge in [0.25, 0.3) is 0 Å². The van der Waals surface area contributed by atoms with Gasteiger partial charge in [0.1, 0.15) is 0 Å². The molecule has 0 heterocycles. The highest BCUT2D eigenvalue weighted by Crippen LogP contribution is 2.30. The predicted octanol–water partition coefficient (Wildman–Crippen LogP) is 2.47. The molecule has 0 amide bonds. The number of hydrogen-bond donors (Lipinski definition) is 0. The molecule has 0 unspecified atom stereocenters. The van der Waals surface area contributed by atoms with E-state index in [-0.39, 0.29) is 0 Å². The summed E-state index contributed by atoms with van der Waals surface area (Å²) in [5.74, 6) is -4.65. The minimum Gasteiger partial charge on any atom is -0.428 e. The van der Waals surface area contributed by atoms with Crippen LogP contribution >= 0.6 is 0 Å². The summed E-state index contributed by atoms with van der Waals surface area (Å²) in [6.07, 6.45) is 0. The maximum absolute atomic E-state index is 13.0. The molecule has 8 heteroatoms. The maximum Gasteiger partial charge on any atom is 0.387 e. The number of rotatable bonds is 3. The van der Waals surface area contributed by atoms with Crippen LogP contribution in [0.1, 0.15) is 0 Å². The SMILES string of the molecule is O=[N+]([O-])c1ccc(F)c(OC(F)F)c1F. The summed E-state index contributed by atoms with van der Waals surface area (Å²) in [5, 5.41) is 10.2. The number of nitro groups is 1. The average molecular weight is 225 g/mol. The maximum atomic E-state index is 13.0. The van der Waals surface area contributed by atoms with Gasteiger partial charge >= 0.3 is 12.3 Å². The molecule has 0 N–H and O–H groups in total. The predicted molar refractivity (Wildman–Crippen MR) is 39.6 cm³/mol. The zero-order valence-corrected chi connectivity index (χ0v) is 6.92.